The van der Waals surface area contributed by atoms with Crippen LogP contribution in [0.4, 0.5) is 5.13 Å². The van der Waals surface area contributed by atoms with Crippen molar-refractivity contribution < 1.29 is 42.0 Å². The SMILES string of the molecule is C[C@H]1[C@H](NC(=O)/C(=N\O[C@@H](COc2ccc(C(C=NCCCN)=CN)cc2)C(=O)O)c2csc(N)n2)C(=O)N1S(=O)(=O)O. The molecule has 19 heteroatoms. The summed E-state index contributed by atoms with van der Waals surface area (Å²) in [4.78, 5) is 50.3. The fraction of sp³-hybridized carbons (Fsp3) is 0.333. The number of aromatic nitrogens is 1. The van der Waals surface area contributed by atoms with Gasteiger partial charge in [-0.3, -0.25) is 19.1 Å². The maximum Gasteiger partial charge on any atom is 0.362 e. The lowest BCUT2D eigenvalue weighted by Gasteiger charge is -2.42. The van der Waals surface area contributed by atoms with E-state index in [-0.39, 0.29) is 15.1 Å². The number of carbonyl (C=O) groups is 3. The second kappa shape index (κ2) is 14.5. The van der Waals surface area contributed by atoms with Crippen molar-refractivity contribution in [1.82, 2.24) is 14.6 Å². The third kappa shape index (κ3) is 8.47. The normalized spacial score (nSPS) is 18.3. The van der Waals surface area contributed by atoms with Gasteiger partial charge in [0.2, 0.25) is 0 Å². The predicted octanol–water partition coefficient (Wildman–Crippen LogP) is -0.784. The van der Waals surface area contributed by atoms with Crippen molar-refractivity contribution in [2.45, 2.75) is 31.5 Å². The Bertz CT molecular complexity index is 1520. The van der Waals surface area contributed by atoms with Crippen LogP contribution < -0.4 is 27.3 Å². The van der Waals surface area contributed by atoms with Crippen molar-refractivity contribution in [3.8, 4) is 5.75 Å². The number of ether oxygens (including phenoxy) is 1. The zero-order valence-corrected chi connectivity index (χ0v) is 24.3. The van der Waals surface area contributed by atoms with Gasteiger partial charge < -0.3 is 37.2 Å². The van der Waals surface area contributed by atoms with Crippen LogP contribution in [0, 0.1) is 0 Å². The molecule has 3 rings (SSSR count). The molecule has 1 aromatic carbocycles. The predicted molar refractivity (Wildman–Crippen MR) is 156 cm³/mol. The van der Waals surface area contributed by atoms with Crippen molar-refractivity contribution in [2.24, 2.45) is 21.6 Å². The first-order chi connectivity index (χ1) is 20.4. The number of nitrogens with zero attached hydrogens (tertiary/aromatic N) is 4. The Kier molecular flexibility index (Phi) is 11.1. The molecule has 1 saturated heterocycles. The number of nitrogens with one attached hydrogen (secondary N) is 1. The maximum absolute atomic E-state index is 13.0. The topological polar surface area (TPSA) is 275 Å². The third-order valence-corrected chi connectivity index (χ3v) is 7.57. The van der Waals surface area contributed by atoms with E-state index in [0.29, 0.717) is 24.4 Å². The van der Waals surface area contributed by atoms with Gasteiger partial charge in [0.05, 0.1) is 6.04 Å². The molecule has 1 aliphatic rings. The summed E-state index contributed by atoms with van der Waals surface area (Å²) >= 11 is 0.949. The molecule has 0 bridgehead atoms. The Balaban J connectivity index is 1.70. The number of aliphatic carboxylic acids is 1. The number of carboxylic acid groups (broad SMARTS) is 1. The Hall–Kier alpha value is -4.59. The molecule has 1 aliphatic heterocycles. The van der Waals surface area contributed by atoms with Gasteiger partial charge in [0.1, 0.15) is 24.1 Å². The Morgan fingerprint density at radius 3 is 2.53 bits per heavy atom. The smallest absolute Gasteiger partial charge is 0.362 e. The summed E-state index contributed by atoms with van der Waals surface area (Å²) in [7, 11) is -4.82. The number of nitrogen functional groups attached to an aromatic ring is 1. The number of hydrogen-bond donors (Lipinski definition) is 6. The van der Waals surface area contributed by atoms with Gasteiger partial charge in [-0.05, 0) is 37.6 Å². The van der Waals surface area contributed by atoms with Gasteiger partial charge in [0.15, 0.2) is 10.8 Å². The molecule has 2 amide bonds. The van der Waals surface area contributed by atoms with E-state index in [1.807, 2.05) is 0 Å². The summed E-state index contributed by atoms with van der Waals surface area (Å²) in [6.07, 6.45) is 2.06. The molecule has 9 N–H and O–H groups in total. The van der Waals surface area contributed by atoms with Crippen LogP contribution in [0.1, 0.15) is 24.6 Å². The number of amides is 2. The average molecular weight is 639 g/mol. The highest BCUT2D eigenvalue weighted by atomic mass is 32.2. The van der Waals surface area contributed by atoms with E-state index < -0.39 is 58.6 Å². The standard InChI is InChI=1S/C24H30N8O9S2/c1-13-19(22(34)32(13)43(37,38)39)30-21(33)20(17-12-42-24(27)29-17)31-41-18(23(35)36)11-40-16-5-3-14(4-6-16)15(9-26)10-28-8-2-7-25/h3-6,9-10,12-13,18-19H,2,7-8,11,25-26H2,1H3,(H2,27,29)(H,30,33)(H,35,36)(H,37,38,39)/b15-9?,28-10?,31-20-/t13-,18-,19-/m0/s1. The van der Waals surface area contributed by atoms with Gasteiger partial charge in [-0.2, -0.15) is 8.42 Å². The summed E-state index contributed by atoms with van der Waals surface area (Å²) in [5, 5.41) is 17.0. The number of β-lactam (4-membered cyclic amide) rings is 1. The molecule has 3 atom stereocenters. The maximum atomic E-state index is 13.0. The van der Waals surface area contributed by atoms with Crippen LogP contribution in [0.15, 0.2) is 46.0 Å². The zero-order valence-electron chi connectivity index (χ0n) is 22.7. The number of aliphatic imine (C=N–C) groups is 1. The molecule has 232 valence electrons. The lowest BCUT2D eigenvalue weighted by Crippen LogP contribution is -2.71. The molecule has 0 saturated carbocycles. The first-order valence-electron chi connectivity index (χ1n) is 12.5. The minimum atomic E-state index is -4.82. The second-order valence-electron chi connectivity index (χ2n) is 8.88. The average Bonchev–Trinajstić information content (AvgIpc) is 3.38. The van der Waals surface area contributed by atoms with Crippen LogP contribution in [0.5, 0.6) is 5.75 Å². The molecule has 0 spiro atoms. The molecular formula is C24H30N8O9S2. The second-order valence-corrected chi connectivity index (χ2v) is 11.1. The fourth-order valence-electron chi connectivity index (χ4n) is 3.65. The summed E-state index contributed by atoms with van der Waals surface area (Å²) in [5.74, 6) is -3.30. The summed E-state index contributed by atoms with van der Waals surface area (Å²) in [6, 6.07) is 4.11. The highest BCUT2D eigenvalue weighted by molar-refractivity contribution is 7.84. The third-order valence-electron chi connectivity index (χ3n) is 5.89. The van der Waals surface area contributed by atoms with Crippen molar-refractivity contribution in [2.75, 3.05) is 25.4 Å². The molecular weight excluding hydrogens is 608 g/mol. The summed E-state index contributed by atoms with van der Waals surface area (Å²) in [6.45, 7) is 1.83. The van der Waals surface area contributed by atoms with Gasteiger partial charge >= 0.3 is 16.3 Å². The van der Waals surface area contributed by atoms with E-state index >= 15 is 0 Å². The lowest BCUT2D eigenvalue weighted by atomic mass is 10.0. The van der Waals surface area contributed by atoms with E-state index in [2.05, 4.69) is 20.4 Å². The van der Waals surface area contributed by atoms with E-state index in [1.165, 1.54) is 18.5 Å². The number of thiazole rings is 1. The van der Waals surface area contributed by atoms with Crippen LogP contribution in [0.3, 0.4) is 0 Å². The Morgan fingerprint density at radius 1 is 1.30 bits per heavy atom. The first kappa shape index (κ1) is 32.9. The molecule has 2 heterocycles. The number of benzene rings is 1. The van der Waals surface area contributed by atoms with Gasteiger partial charge in [0, 0.05) is 29.9 Å². The van der Waals surface area contributed by atoms with Crippen LogP contribution in [0.25, 0.3) is 5.57 Å². The van der Waals surface area contributed by atoms with Crippen molar-refractivity contribution in [3.63, 3.8) is 0 Å². The molecule has 17 nitrogen and oxygen atoms in total. The quantitative estimate of drug-likeness (QED) is 0.0459. The summed E-state index contributed by atoms with van der Waals surface area (Å²) in [5.41, 5.74) is 17.5. The molecule has 0 unspecified atom stereocenters. The minimum absolute atomic E-state index is 0.0529. The first-order valence-corrected chi connectivity index (χ1v) is 14.8. The van der Waals surface area contributed by atoms with Crippen molar-refractivity contribution >= 4 is 62.1 Å². The van der Waals surface area contributed by atoms with Crippen molar-refractivity contribution in [1.29, 1.82) is 0 Å². The molecule has 2 aromatic rings. The molecule has 0 radical (unpaired) electrons. The van der Waals surface area contributed by atoms with E-state index in [0.717, 1.165) is 23.3 Å². The Morgan fingerprint density at radius 2 is 2.00 bits per heavy atom. The number of oxime groups is 1. The van der Waals surface area contributed by atoms with Gasteiger partial charge in [0.25, 0.3) is 17.9 Å². The number of carboxylic acids is 1. The molecule has 1 aromatic heterocycles. The number of carbonyl (C=O) groups excluding carboxylic acids is 2. The number of rotatable bonds is 15. The largest absolute Gasteiger partial charge is 0.489 e. The van der Waals surface area contributed by atoms with Crippen molar-refractivity contribution in [3.05, 3.63) is 47.1 Å². The number of anilines is 1. The highest BCUT2D eigenvalue weighted by Crippen LogP contribution is 2.23. The van der Waals surface area contributed by atoms with Crippen LogP contribution in [-0.2, 0) is 29.5 Å². The van der Waals surface area contributed by atoms with Crippen LogP contribution in [0.2, 0.25) is 0 Å². The van der Waals surface area contributed by atoms with Gasteiger partial charge in [-0.15, -0.1) is 11.3 Å². The van der Waals surface area contributed by atoms with E-state index in [1.54, 1.807) is 30.5 Å². The number of nitrogens with two attached hydrogens (primary N) is 3. The van der Waals surface area contributed by atoms with Gasteiger partial charge in [-0.1, -0.05) is 17.3 Å². The minimum Gasteiger partial charge on any atom is -0.489 e. The van der Waals surface area contributed by atoms with E-state index in [4.69, 9.17) is 31.3 Å². The molecule has 43 heavy (non-hydrogen) atoms. The molecule has 1 fully saturated rings. The molecule has 0 aliphatic carbocycles. The highest BCUT2D eigenvalue weighted by Gasteiger charge is 2.51. The lowest BCUT2D eigenvalue weighted by molar-refractivity contribution is -0.152. The monoisotopic (exact) mass is 638 g/mol. The number of allylic oxidation sites excluding steroid dienone is 1. The zero-order chi connectivity index (χ0) is 31.7. The van der Waals surface area contributed by atoms with Crippen LogP contribution >= 0.6 is 11.3 Å². The Labute approximate surface area is 249 Å². The number of hydrogen-bond acceptors (Lipinski definition) is 14. The summed E-state index contributed by atoms with van der Waals surface area (Å²) < 4.78 is 37.6. The van der Waals surface area contributed by atoms with E-state index in [9.17, 15) is 27.9 Å². The van der Waals surface area contributed by atoms with Crippen LogP contribution in [-0.4, -0.2) is 95.0 Å². The fourth-order valence-corrected chi connectivity index (χ4v) is 5.08. The van der Waals surface area contributed by atoms with Gasteiger partial charge in [-0.25, -0.2) is 14.1 Å².